The van der Waals surface area contributed by atoms with E-state index in [1.165, 1.54) is 13.8 Å². The van der Waals surface area contributed by atoms with Crippen LogP contribution < -0.4 is 0 Å². The second-order valence-electron chi connectivity index (χ2n) is 3.40. The van der Waals surface area contributed by atoms with Crippen LogP contribution in [-0.4, -0.2) is 29.0 Å². The smallest absolute Gasteiger partial charge is 0.415 e. The number of hydrogen-bond acceptors (Lipinski definition) is 2. The van der Waals surface area contributed by atoms with Crippen LogP contribution in [0.25, 0.3) is 0 Å². The van der Waals surface area contributed by atoms with Gasteiger partial charge in [0.2, 0.25) is 0 Å². The lowest BCUT2D eigenvalue weighted by atomic mass is 10.1. The summed E-state index contributed by atoms with van der Waals surface area (Å²) in [5, 5.41) is 8.29. The molecule has 0 aromatic carbocycles. The average molecular weight is 224 g/mol. The number of carbonyl (C=O) groups is 1. The molecule has 0 aliphatic carbocycles. The highest BCUT2D eigenvalue weighted by Crippen LogP contribution is 2.28. The molecule has 0 amide bonds. The summed E-state index contributed by atoms with van der Waals surface area (Å²) in [5.74, 6) is 0.410. The lowest BCUT2D eigenvalue weighted by Gasteiger charge is -2.27. The molecule has 15 heavy (non-hydrogen) atoms. The van der Waals surface area contributed by atoms with Crippen molar-refractivity contribution < 1.29 is 27.8 Å². The van der Waals surface area contributed by atoms with Gasteiger partial charge in [-0.15, -0.1) is 6.42 Å². The molecule has 0 saturated carbocycles. The molecule has 0 spiro atoms. The molecule has 6 heteroatoms. The van der Waals surface area contributed by atoms with Gasteiger partial charge in [-0.2, -0.15) is 13.2 Å². The Labute approximate surface area is 85.2 Å². The second kappa shape index (κ2) is 4.53. The quantitative estimate of drug-likeness (QED) is 0.741. The fraction of sp³-hybridized carbons (Fsp3) is 0.667. The summed E-state index contributed by atoms with van der Waals surface area (Å²) in [6.07, 6.45) is -3.35. The molecule has 0 bridgehead atoms. The molecule has 86 valence electrons. The number of rotatable bonds is 4. The van der Waals surface area contributed by atoms with Crippen LogP contribution in [0.5, 0.6) is 0 Å². The molecule has 0 aliphatic rings. The highest BCUT2D eigenvalue weighted by atomic mass is 19.4. The lowest BCUT2D eigenvalue weighted by molar-refractivity contribution is -0.241. The molecule has 1 N–H and O–H groups in total. The van der Waals surface area contributed by atoms with Gasteiger partial charge in [0.25, 0.3) is 0 Å². The second-order valence-corrected chi connectivity index (χ2v) is 3.40. The SMILES string of the molecule is C#CC(C)(C)OC(CC(=O)O)C(F)(F)F. The zero-order chi connectivity index (χ0) is 12.3. The van der Waals surface area contributed by atoms with Crippen molar-refractivity contribution >= 4 is 5.97 Å². The van der Waals surface area contributed by atoms with Gasteiger partial charge in [0, 0.05) is 0 Å². The van der Waals surface area contributed by atoms with E-state index in [4.69, 9.17) is 11.5 Å². The summed E-state index contributed by atoms with van der Waals surface area (Å²) >= 11 is 0. The third kappa shape index (κ3) is 5.27. The van der Waals surface area contributed by atoms with E-state index in [-0.39, 0.29) is 0 Å². The maximum atomic E-state index is 12.3. The predicted molar refractivity (Wildman–Crippen MR) is 46.1 cm³/mol. The molecular weight excluding hydrogens is 213 g/mol. The number of terminal acetylenes is 1. The largest absolute Gasteiger partial charge is 0.481 e. The maximum Gasteiger partial charge on any atom is 0.415 e. The molecule has 3 nitrogen and oxygen atoms in total. The van der Waals surface area contributed by atoms with Crippen LogP contribution in [-0.2, 0) is 9.53 Å². The number of alkyl halides is 3. The summed E-state index contributed by atoms with van der Waals surface area (Å²) in [4.78, 5) is 10.2. The maximum absolute atomic E-state index is 12.3. The first kappa shape index (κ1) is 13.8. The fourth-order valence-corrected chi connectivity index (χ4v) is 0.772. The fourth-order valence-electron chi connectivity index (χ4n) is 0.772. The van der Waals surface area contributed by atoms with E-state index in [0.717, 1.165) is 0 Å². The van der Waals surface area contributed by atoms with Crippen molar-refractivity contribution in [1.82, 2.24) is 0 Å². The highest BCUT2D eigenvalue weighted by Gasteiger charge is 2.44. The van der Waals surface area contributed by atoms with E-state index < -0.39 is 30.3 Å². The van der Waals surface area contributed by atoms with E-state index in [2.05, 4.69) is 4.74 Å². The highest BCUT2D eigenvalue weighted by molar-refractivity contribution is 5.67. The van der Waals surface area contributed by atoms with Crippen LogP contribution in [0.15, 0.2) is 0 Å². The average Bonchev–Trinajstić information content (AvgIpc) is 2.00. The topological polar surface area (TPSA) is 46.5 Å². The normalized spacial score (nSPS) is 14.4. The van der Waals surface area contributed by atoms with Gasteiger partial charge in [-0.25, -0.2) is 0 Å². The third-order valence-corrected chi connectivity index (χ3v) is 1.51. The molecule has 0 aromatic heterocycles. The number of hydrogen-bond donors (Lipinski definition) is 1. The van der Waals surface area contributed by atoms with Crippen molar-refractivity contribution in [3.63, 3.8) is 0 Å². The van der Waals surface area contributed by atoms with E-state index in [1.54, 1.807) is 0 Å². The molecule has 1 atom stereocenters. The van der Waals surface area contributed by atoms with Gasteiger partial charge in [0.15, 0.2) is 6.10 Å². The lowest BCUT2D eigenvalue weighted by Crippen LogP contribution is -2.40. The Bertz CT molecular complexity index is 275. The Morgan fingerprint density at radius 3 is 2.27 bits per heavy atom. The molecule has 0 aromatic rings. The van der Waals surface area contributed by atoms with Crippen molar-refractivity contribution in [2.24, 2.45) is 0 Å². The van der Waals surface area contributed by atoms with Gasteiger partial charge in [0.1, 0.15) is 5.60 Å². The summed E-state index contributed by atoms with van der Waals surface area (Å²) in [6.45, 7) is 2.52. The number of ether oxygens (including phenoxy) is 1. The number of carboxylic acids is 1. The number of aliphatic carboxylic acids is 1. The third-order valence-electron chi connectivity index (χ3n) is 1.51. The van der Waals surface area contributed by atoms with Gasteiger partial charge in [-0.1, -0.05) is 5.92 Å². The predicted octanol–water partition coefficient (Wildman–Crippen LogP) is 1.82. The van der Waals surface area contributed by atoms with Crippen LogP contribution in [0.2, 0.25) is 0 Å². The minimum atomic E-state index is -4.74. The Balaban J connectivity index is 4.69. The monoisotopic (exact) mass is 224 g/mol. The Morgan fingerprint density at radius 1 is 1.53 bits per heavy atom. The van der Waals surface area contributed by atoms with Crippen molar-refractivity contribution in [1.29, 1.82) is 0 Å². The Hall–Kier alpha value is -1.22. The van der Waals surface area contributed by atoms with Gasteiger partial charge in [-0.3, -0.25) is 4.79 Å². The van der Waals surface area contributed by atoms with Crippen molar-refractivity contribution in [2.45, 2.75) is 38.1 Å². The minimum absolute atomic E-state index is 1.16. The van der Waals surface area contributed by atoms with Crippen LogP contribution in [0.4, 0.5) is 13.2 Å². The van der Waals surface area contributed by atoms with Crippen molar-refractivity contribution in [3.8, 4) is 12.3 Å². The van der Waals surface area contributed by atoms with Crippen LogP contribution >= 0.6 is 0 Å². The molecule has 0 heterocycles. The molecule has 0 radical (unpaired) electrons. The Morgan fingerprint density at radius 2 is 2.00 bits per heavy atom. The summed E-state index contributed by atoms with van der Waals surface area (Å²) in [5.41, 5.74) is -1.45. The van der Waals surface area contributed by atoms with Crippen molar-refractivity contribution in [2.75, 3.05) is 0 Å². The number of halogens is 3. The molecule has 0 fully saturated rings. The molecule has 0 saturated heterocycles. The Kier molecular flexibility index (Phi) is 4.16. The zero-order valence-electron chi connectivity index (χ0n) is 8.26. The first-order valence-electron chi connectivity index (χ1n) is 4.02. The van der Waals surface area contributed by atoms with Crippen LogP contribution in [0, 0.1) is 12.3 Å². The van der Waals surface area contributed by atoms with Gasteiger partial charge in [0.05, 0.1) is 6.42 Å². The summed E-state index contributed by atoms with van der Waals surface area (Å²) < 4.78 is 41.4. The molecular formula is C9H11F3O3. The van der Waals surface area contributed by atoms with E-state index in [1.807, 2.05) is 5.92 Å². The minimum Gasteiger partial charge on any atom is -0.481 e. The van der Waals surface area contributed by atoms with Crippen LogP contribution in [0.3, 0.4) is 0 Å². The summed E-state index contributed by atoms with van der Waals surface area (Å²) in [7, 11) is 0. The van der Waals surface area contributed by atoms with E-state index >= 15 is 0 Å². The standard InChI is InChI=1S/C9H11F3O3/c1-4-8(2,3)15-6(5-7(13)14)9(10,11)12/h1,6H,5H2,2-3H3,(H,13,14). The van der Waals surface area contributed by atoms with Gasteiger partial charge < -0.3 is 9.84 Å². The van der Waals surface area contributed by atoms with Crippen molar-refractivity contribution in [3.05, 3.63) is 0 Å². The van der Waals surface area contributed by atoms with Gasteiger partial charge >= 0.3 is 12.1 Å². The van der Waals surface area contributed by atoms with E-state index in [0.29, 0.717) is 0 Å². The van der Waals surface area contributed by atoms with E-state index in [9.17, 15) is 18.0 Å². The summed E-state index contributed by atoms with van der Waals surface area (Å²) in [6, 6.07) is 0. The molecule has 0 rings (SSSR count). The first-order chi connectivity index (χ1) is 6.58. The van der Waals surface area contributed by atoms with Crippen LogP contribution in [0.1, 0.15) is 20.3 Å². The molecule has 0 aliphatic heterocycles. The van der Waals surface area contributed by atoms with Gasteiger partial charge in [-0.05, 0) is 13.8 Å². The first-order valence-corrected chi connectivity index (χ1v) is 4.02. The molecule has 1 unspecified atom stereocenters. The number of carboxylic acid groups (broad SMARTS) is 1. The zero-order valence-corrected chi connectivity index (χ0v) is 8.26.